The van der Waals surface area contributed by atoms with E-state index < -0.39 is 18.2 Å². The van der Waals surface area contributed by atoms with Crippen LogP contribution in [-0.2, 0) is 20.9 Å². The molecule has 6 nitrogen and oxygen atoms in total. The summed E-state index contributed by atoms with van der Waals surface area (Å²) in [5, 5.41) is 2.38. The van der Waals surface area contributed by atoms with Crippen LogP contribution < -0.4 is 11.1 Å². The zero-order valence-electron chi connectivity index (χ0n) is 10.1. The van der Waals surface area contributed by atoms with E-state index in [0.717, 1.165) is 5.56 Å². The van der Waals surface area contributed by atoms with Gasteiger partial charge in [0.15, 0.2) is 0 Å². The molecular weight excluding hydrogens is 236 g/mol. The monoisotopic (exact) mass is 252 g/mol. The van der Waals surface area contributed by atoms with Gasteiger partial charge in [0.1, 0.15) is 12.8 Å². The van der Waals surface area contributed by atoms with Gasteiger partial charge in [0.25, 0.3) is 0 Å². The molecule has 0 aromatic heterocycles. The van der Waals surface area contributed by atoms with E-state index >= 15 is 0 Å². The molecule has 0 bridgehead atoms. The standard InChI is InChI=1S/C12H16N2O4/c1-17-11(7-10(13)15)14-12(16)18-8-9-5-3-2-4-6-9/h2-6,11H,7-8H2,1H3,(H2,13,15)(H,14,16). The summed E-state index contributed by atoms with van der Waals surface area (Å²) < 4.78 is 9.83. The van der Waals surface area contributed by atoms with Crippen molar-refractivity contribution in [3.05, 3.63) is 35.9 Å². The van der Waals surface area contributed by atoms with Crippen LogP contribution in [0.25, 0.3) is 0 Å². The molecule has 18 heavy (non-hydrogen) atoms. The minimum atomic E-state index is -0.772. The molecule has 98 valence electrons. The first kappa shape index (κ1) is 14.0. The van der Waals surface area contributed by atoms with Crippen molar-refractivity contribution in [1.29, 1.82) is 0 Å². The van der Waals surface area contributed by atoms with Crippen molar-refractivity contribution < 1.29 is 19.1 Å². The summed E-state index contributed by atoms with van der Waals surface area (Å²) in [4.78, 5) is 22.1. The van der Waals surface area contributed by atoms with Crippen molar-refractivity contribution in [3.63, 3.8) is 0 Å². The van der Waals surface area contributed by atoms with E-state index in [1.54, 1.807) is 0 Å². The lowest BCUT2D eigenvalue weighted by Gasteiger charge is -2.15. The van der Waals surface area contributed by atoms with E-state index in [1.165, 1.54) is 7.11 Å². The summed E-state index contributed by atoms with van der Waals surface area (Å²) in [6.07, 6.45) is -1.53. The molecule has 1 atom stereocenters. The first-order valence-corrected chi connectivity index (χ1v) is 5.40. The molecule has 0 aliphatic rings. The maximum Gasteiger partial charge on any atom is 0.409 e. The van der Waals surface area contributed by atoms with Gasteiger partial charge in [-0.1, -0.05) is 30.3 Å². The van der Waals surface area contributed by atoms with Crippen molar-refractivity contribution >= 4 is 12.0 Å². The Labute approximate surface area is 105 Å². The van der Waals surface area contributed by atoms with Crippen LogP contribution in [0.5, 0.6) is 0 Å². The second kappa shape index (κ2) is 7.29. The number of carbonyl (C=O) groups is 2. The van der Waals surface area contributed by atoms with Crippen molar-refractivity contribution in [3.8, 4) is 0 Å². The summed E-state index contributed by atoms with van der Waals surface area (Å²) in [5.74, 6) is -0.565. The quantitative estimate of drug-likeness (QED) is 0.731. The molecule has 6 heteroatoms. The smallest absolute Gasteiger partial charge is 0.409 e. The highest BCUT2D eigenvalue weighted by atomic mass is 16.6. The molecule has 1 unspecified atom stereocenters. The Hall–Kier alpha value is -2.08. The number of hydrogen-bond donors (Lipinski definition) is 2. The Morgan fingerprint density at radius 1 is 1.33 bits per heavy atom. The first-order chi connectivity index (χ1) is 8.61. The minimum Gasteiger partial charge on any atom is -0.445 e. The largest absolute Gasteiger partial charge is 0.445 e. The number of ether oxygens (including phenoxy) is 2. The Kier molecular flexibility index (Phi) is 5.66. The summed E-state index contributed by atoms with van der Waals surface area (Å²) in [5.41, 5.74) is 5.87. The highest BCUT2D eigenvalue weighted by Crippen LogP contribution is 2.01. The van der Waals surface area contributed by atoms with Crippen LogP contribution >= 0.6 is 0 Å². The minimum absolute atomic E-state index is 0.100. The molecule has 0 saturated carbocycles. The summed E-state index contributed by atoms with van der Waals surface area (Å²) >= 11 is 0. The fourth-order valence-electron chi connectivity index (χ4n) is 1.27. The van der Waals surface area contributed by atoms with Crippen LogP contribution in [0.4, 0.5) is 4.79 Å². The number of benzene rings is 1. The van der Waals surface area contributed by atoms with Crippen LogP contribution in [0.3, 0.4) is 0 Å². The lowest BCUT2D eigenvalue weighted by atomic mass is 10.2. The predicted molar refractivity (Wildman–Crippen MR) is 64.4 cm³/mol. The highest BCUT2D eigenvalue weighted by Gasteiger charge is 2.14. The van der Waals surface area contributed by atoms with Gasteiger partial charge in [0.2, 0.25) is 5.91 Å². The number of alkyl carbamates (subject to hydrolysis) is 1. The maximum absolute atomic E-state index is 11.4. The maximum atomic E-state index is 11.4. The molecule has 0 radical (unpaired) electrons. The van der Waals surface area contributed by atoms with Crippen molar-refractivity contribution in [2.75, 3.05) is 7.11 Å². The predicted octanol–water partition coefficient (Wildman–Crippen LogP) is 0.761. The van der Waals surface area contributed by atoms with Crippen molar-refractivity contribution in [2.45, 2.75) is 19.3 Å². The second-order valence-corrected chi connectivity index (χ2v) is 3.60. The van der Waals surface area contributed by atoms with E-state index in [2.05, 4.69) is 5.32 Å². The molecule has 1 rings (SSSR count). The van der Waals surface area contributed by atoms with Crippen LogP contribution in [-0.4, -0.2) is 25.3 Å². The van der Waals surface area contributed by atoms with Crippen LogP contribution in [0.2, 0.25) is 0 Å². The Morgan fingerprint density at radius 3 is 2.56 bits per heavy atom. The fourth-order valence-corrected chi connectivity index (χ4v) is 1.27. The third kappa shape index (κ3) is 5.31. The molecule has 0 aliphatic carbocycles. The van der Waals surface area contributed by atoms with Gasteiger partial charge in [-0.3, -0.25) is 10.1 Å². The fraction of sp³-hybridized carbons (Fsp3) is 0.333. The molecule has 1 aromatic rings. The summed E-state index contributed by atoms with van der Waals surface area (Å²) in [6.45, 7) is 0.152. The first-order valence-electron chi connectivity index (χ1n) is 5.40. The number of nitrogens with one attached hydrogen (secondary N) is 1. The molecule has 0 aliphatic heterocycles. The zero-order valence-corrected chi connectivity index (χ0v) is 10.1. The topological polar surface area (TPSA) is 90.6 Å². The molecule has 0 spiro atoms. The average Bonchev–Trinajstić information content (AvgIpc) is 2.36. The zero-order chi connectivity index (χ0) is 13.4. The van der Waals surface area contributed by atoms with Gasteiger partial charge in [0.05, 0.1) is 6.42 Å². The second-order valence-electron chi connectivity index (χ2n) is 3.60. The average molecular weight is 252 g/mol. The van der Waals surface area contributed by atoms with Crippen molar-refractivity contribution in [2.24, 2.45) is 5.73 Å². The number of rotatable bonds is 6. The van der Waals surface area contributed by atoms with Crippen LogP contribution in [0.1, 0.15) is 12.0 Å². The number of methoxy groups -OCH3 is 1. The van der Waals surface area contributed by atoms with Crippen molar-refractivity contribution in [1.82, 2.24) is 5.32 Å². The lowest BCUT2D eigenvalue weighted by Crippen LogP contribution is -2.39. The Bertz CT molecular complexity index is 394. The molecule has 3 N–H and O–H groups in total. The van der Waals surface area contributed by atoms with Gasteiger partial charge in [-0.15, -0.1) is 0 Å². The normalized spacial score (nSPS) is 11.6. The Morgan fingerprint density at radius 2 is 2.00 bits per heavy atom. The molecule has 0 heterocycles. The third-order valence-electron chi connectivity index (χ3n) is 2.16. The number of amides is 2. The molecule has 1 aromatic carbocycles. The van der Waals surface area contributed by atoms with E-state index in [9.17, 15) is 9.59 Å². The Balaban J connectivity index is 2.34. The van der Waals surface area contributed by atoms with Gasteiger partial charge in [-0.05, 0) is 5.56 Å². The van der Waals surface area contributed by atoms with E-state index in [4.69, 9.17) is 15.2 Å². The van der Waals surface area contributed by atoms with Crippen LogP contribution in [0.15, 0.2) is 30.3 Å². The number of carbonyl (C=O) groups excluding carboxylic acids is 2. The van der Waals surface area contributed by atoms with E-state index in [1.807, 2.05) is 30.3 Å². The van der Waals surface area contributed by atoms with Gasteiger partial charge in [0, 0.05) is 7.11 Å². The molecular formula is C12H16N2O4. The number of nitrogens with two attached hydrogens (primary N) is 1. The van der Waals surface area contributed by atoms with Gasteiger partial charge in [-0.25, -0.2) is 4.79 Å². The number of primary amides is 1. The van der Waals surface area contributed by atoms with E-state index in [-0.39, 0.29) is 13.0 Å². The molecule has 2 amide bonds. The lowest BCUT2D eigenvalue weighted by molar-refractivity contribution is -0.120. The van der Waals surface area contributed by atoms with Crippen LogP contribution in [0, 0.1) is 0 Å². The molecule has 0 fully saturated rings. The van der Waals surface area contributed by atoms with Gasteiger partial charge < -0.3 is 15.2 Å². The van der Waals surface area contributed by atoms with E-state index in [0.29, 0.717) is 0 Å². The summed E-state index contributed by atoms with van der Waals surface area (Å²) in [6, 6.07) is 9.25. The summed E-state index contributed by atoms with van der Waals surface area (Å²) in [7, 11) is 1.37. The highest BCUT2D eigenvalue weighted by molar-refractivity contribution is 5.75. The SMILES string of the molecule is COC(CC(N)=O)NC(=O)OCc1ccccc1. The third-order valence-corrected chi connectivity index (χ3v) is 2.16. The van der Waals surface area contributed by atoms with Gasteiger partial charge >= 0.3 is 6.09 Å². The molecule has 0 saturated heterocycles. The number of hydrogen-bond acceptors (Lipinski definition) is 4. The van der Waals surface area contributed by atoms with Gasteiger partial charge in [-0.2, -0.15) is 0 Å².